The summed E-state index contributed by atoms with van der Waals surface area (Å²) >= 11 is 0. The van der Waals surface area contributed by atoms with Crippen LogP contribution in [0.5, 0.6) is 0 Å². The summed E-state index contributed by atoms with van der Waals surface area (Å²) in [6, 6.07) is 0. The number of aliphatic hydroxyl groups is 1. The van der Waals surface area contributed by atoms with Gasteiger partial charge in [-0.3, -0.25) is 0 Å². The van der Waals surface area contributed by atoms with Crippen LogP contribution in [-0.2, 0) is 0 Å². The van der Waals surface area contributed by atoms with Crippen LogP contribution < -0.4 is 0 Å². The van der Waals surface area contributed by atoms with Gasteiger partial charge in [0.15, 0.2) is 0 Å². The van der Waals surface area contributed by atoms with E-state index in [1.165, 1.54) is 0 Å². The molecule has 6 heavy (non-hydrogen) atoms. The SMILES string of the molecule is CC(C)CO.[GaH3]. The molecule has 0 saturated carbocycles. The predicted molar refractivity (Wildman–Crippen MR) is 31.9 cm³/mol. The summed E-state index contributed by atoms with van der Waals surface area (Å²) in [5.41, 5.74) is 0. The van der Waals surface area contributed by atoms with Crippen molar-refractivity contribution in [2.75, 3.05) is 6.61 Å². The minimum atomic E-state index is 0. The van der Waals surface area contributed by atoms with E-state index in [-0.39, 0.29) is 19.8 Å². The first kappa shape index (κ1) is 9.78. The maximum atomic E-state index is 8.14. The summed E-state index contributed by atoms with van der Waals surface area (Å²) < 4.78 is 0. The third-order valence-electron chi connectivity index (χ3n) is 0.365. The minimum absolute atomic E-state index is 0. The first-order valence-electron chi connectivity index (χ1n) is 1.88. The molecule has 0 aliphatic carbocycles. The third-order valence-corrected chi connectivity index (χ3v) is 0.365. The first-order valence-corrected chi connectivity index (χ1v) is 1.88. The van der Waals surface area contributed by atoms with Crippen LogP contribution in [0.3, 0.4) is 0 Å². The van der Waals surface area contributed by atoms with Gasteiger partial charge in [0.25, 0.3) is 0 Å². The first-order chi connectivity index (χ1) is 2.27. The molecule has 0 heterocycles. The molecule has 0 aromatic heterocycles. The summed E-state index contributed by atoms with van der Waals surface area (Å²) in [5.74, 6) is 0.440. The van der Waals surface area contributed by atoms with E-state index in [9.17, 15) is 0 Å². The fraction of sp³-hybridized carbons (Fsp3) is 1.00. The van der Waals surface area contributed by atoms with Gasteiger partial charge in [-0.15, -0.1) is 0 Å². The van der Waals surface area contributed by atoms with Gasteiger partial charge in [0.05, 0.1) is 0 Å². The molecule has 0 radical (unpaired) electrons. The Morgan fingerprint density at radius 2 is 1.67 bits per heavy atom. The molecular formula is C4H13GaO. The van der Waals surface area contributed by atoms with Crippen molar-refractivity contribution in [2.24, 2.45) is 5.92 Å². The molecule has 2 heteroatoms. The Bertz CT molecular complexity index is 21.5. The molecule has 0 amide bonds. The van der Waals surface area contributed by atoms with Crippen molar-refractivity contribution >= 4 is 19.8 Å². The zero-order valence-corrected chi connectivity index (χ0v) is 3.73. The van der Waals surface area contributed by atoms with Crippen LogP contribution in [-0.4, -0.2) is 31.5 Å². The van der Waals surface area contributed by atoms with Gasteiger partial charge < -0.3 is 5.11 Å². The molecule has 38 valence electrons. The van der Waals surface area contributed by atoms with E-state index in [1.54, 1.807) is 0 Å². The second-order valence-corrected chi connectivity index (χ2v) is 1.58. The van der Waals surface area contributed by atoms with Crippen molar-refractivity contribution in [3.63, 3.8) is 0 Å². The van der Waals surface area contributed by atoms with Crippen LogP contribution in [0.2, 0.25) is 0 Å². The molecule has 0 bridgehead atoms. The number of aliphatic hydroxyl groups excluding tert-OH is 1. The van der Waals surface area contributed by atoms with Crippen LogP contribution in [0.1, 0.15) is 13.8 Å². The van der Waals surface area contributed by atoms with Crippen molar-refractivity contribution < 1.29 is 5.11 Å². The Kier molecular flexibility index (Phi) is 9.12. The van der Waals surface area contributed by atoms with Gasteiger partial charge in [0, 0.05) is 6.61 Å². The Hall–Kier alpha value is 0.596. The van der Waals surface area contributed by atoms with Crippen molar-refractivity contribution in [3.05, 3.63) is 0 Å². The van der Waals surface area contributed by atoms with E-state index in [4.69, 9.17) is 5.11 Å². The van der Waals surface area contributed by atoms with Crippen LogP contribution >= 0.6 is 0 Å². The molecule has 0 spiro atoms. The van der Waals surface area contributed by atoms with Gasteiger partial charge in [-0.25, -0.2) is 0 Å². The molecule has 1 N–H and O–H groups in total. The molecule has 0 aliphatic rings. The van der Waals surface area contributed by atoms with Crippen molar-refractivity contribution in [1.29, 1.82) is 0 Å². The maximum absolute atomic E-state index is 8.14. The topological polar surface area (TPSA) is 20.2 Å². The second kappa shape index (κ2) is 5.60. The summed E-state index contributed by atoms with van der Waals surface area (Å²) in [6.45, 7) is 4.25. The summed E-state index contributed by atoms with van der Waals surface area (Å²) in [7, 11) is 0. The van der Waals surface area contributed by atoms with E-state index in [1.807, 2.05) is 13.8 Å². The van der Waals surface area contributed by atoms with Crippen LogP contribution in [0.25, 0.3) is 0 Å². The van der Waals surface area contributed by atoms with Crippen LogP contribution in [0.15, 0.2) is 0 Å². The molecule has 1 nitrogen and oxygen atoms in total. The second-order valence-electron chi connectivity index (χ2n) is 1.58. The zero-order valence-electron chi connectivity index (χ0n) is 3.73. The molecule has 0 saturated heterocycles. The molecule has 0 aromatic carbocycles. The quantitative estimate of drug-likeness (QED) is 0.493. The van der Waals surface area contributed by atoms with Gasteiger partial charge >= 0.3 is 19.8 Å². The zero-order chi connectivity index (χ0) is 4.28. The molecule has 0 unspecified atom stereocenters. The molecular weight excluding hydrogens is 134 g/mol. The molecule has 0 atom stereocenters. The van der Waals surface area contributed by atoms with Crippen molar-refractivity contribution in [2.45, 2.75) is 13.8 Å². The Labute approximate surface area is 51.8 Å². The number of hydrogen-bond acceptors (Lipinski definition) is 1. The summed E-state index contributed by atoms with van der Waals surface area (Å²) in [4.78, 5) is 0. The molecule has 0 aromatic rings. The van der Waals surface area contributed by atoms with Crippen molar-refractivity contribution in [1.82, 2.24) is 0 Å². The van der Waals surface area contributed by atoms with Gasteiger partial charge in [0.2, 0.25) is 0 Å². The number of rotatable bonds is 1. The Morgan fingerprint density at radius 3 is 1.67 bits per heavy atom. The Morgan fingerprint density at radius 1 is 1.50 bits per heavy atom. The summed E-state index contributed by atoms with van der Waals surface area (Å²) in [5, 5.41) is 8.14. The molecule has 0 fully saturated rings. The number of hydrogen-bond donors (Lipinski definition) is 1. The van der Waals surface area contributed by atoms with Crippen LogP contribution in [0, 0.1) is 5.92 Å². The normalized spacial score (nSPS) is 8.00. The van der Waals surface area contributed by atoms with Gasteiger partial charge in [-0.1, -0.05) is 13.8 Å². The molecule has 0 aliphatic heterocycles. The van der Waals surface area contributed by atoms with E-state index in [0.29, 0.717) is 12.5 Å². The van der Waals surface area contributed by atoms with E-state index < -0.39 is 0 Å². The summed E-state index contributed by atoms with van der Waals surface area (Å²) in [6.07, 6.45) is 0. The average Bonchev–Trinajstić information content (AvgIpc) is 1.38. The monoisotopic (exact) mass is 146 g/mol. The molecule has 0 rings (SSSR count). The fourth-order valence-electron chi connectivity index (χ4n) is 0. The van der Waals surface area contributed by atoms with Crippen LogP contribution in [0.4, 0.5) is 0 Å². The fourth-order valence-corrected chi connectivity index (χ4v) is 0. The van der Waals surface area contributed by atoms with Gasteiger partial charge in [-0.2, -0.15) is 0 Å². The van der Waals surface area contributed by atoms with E-state index >= 15 is 0 Å². The van der Waals surface area contributed by atoms with Crippen molar-refractivity contribution in [3.8, 4) is 0 Å². The average molecular weight is 147 g/mol. The Balaban J connectivity index is 0. The van der Waals surface area contributed by atoms with Gasteiger partial charge in [0.1, 0.15) is 0 Å². The predicted octanol–water partition coefficient (Wildman–Crippen LogP) is -0.549. The standard InChI is InChI=1S/C4H10O.Ga.3H/c1-4(2)3-5;;;;/h4-5H,3H2,1-2H3;;;;. The third kappa shape index (κ3) is 8.82. The van der Waals surface area contributed by atoms with E-state index in [0.717, 1.165) is 0 Å². The van der Waals surface area contributed by atoms with E-state index in [2.05, 4.69) is 0 Å². The van der Waals surface area contributed by atoms with Gasteiger partial charge in [-0.05, 0) is 5.92 Å².